The number of nitrogens with zero attached hydrogens (tertiary/aromatic N) is 2. The highest BCUT2D eigenvalue weighted by molar-refractivity contribution is 6.04. The van der Waals surface area contributed by atoms with Crippen LogP contribution >= 0.6 is 0 Å². The number of ether oxygens (including phenoxy) is 1. The Bertz CT molecular complexity index is 832. The summed E-state index contributed by atoms with van der Waals surface area (Å²) in [6, 6.07) is 15.3. The molecule has 1 aliphatic heterocycles. The maximum absolute atomic E-state index is 13.1. The average Bonchev–Trinajstić information content (AvgIpc) is 2.65. The Hall–Kier alpha value is -2.82. The second kappa shape index (κ2) is 8.25. The first-order valence-electron chi connectivity index (χ1n) is 9.39. The van der Waals surface area contributed by atoms with Crippen molar-refractivity contribution in [2.45, 2.75) is 39.7 Å². The van der Waals surface area contributed by atoms with Gasteiger partial charge in [-0.25, -0.2) is 0 Å². The molecule has 5 heteroatoms. The fraction of sp³-hybridized carbons (Fsp3) is 0.364. The van der Waals surface area contributed by atoms with Crippen LogP contribution in [0.4, 0.5) is 11.4 Å². The molecule has 27 heavy (non-hydrogen) atoms. The molecule has 1 heterocycles. The van der Waals surface area contributed by atoms with Crippen LogP contribution in [0, 0.1) is 0 Å². The highest BCUT2D eigenvalue weighted by atomic mass is 16.5. The molecule has 0 fully saturated rings. The number of carbonyl (C=O) groups excluding carboxylic acids is 2. The topological polar surface area (TPSA) is 49.9 Å². The molecule has 0 saturated heterocycles. The minimum atomic E-state index is -0.187. The molecule has 0 saturated carbocycles. The maximum Gasteiger partial charge on any atom is 0.247 e. The Balaban J connectivity index is 1.86. The fourth-order valence-electron chi connectivity index (χ4n) is 3.41. The SMILES string of the molecule is CC(=O)N(CC(=O)N1CCCc2ccccc21)c1ccccc1OC(C)C. The number of carbonyl (C=O) groups is 2. The lowest BCUT2D eigenvalue weighted by molar-refractivity contribution is -0.121. The van der Waals surface area contributed by atoms with E-state index in [4.69, 9.17) is 4.74 Å². The van der Waals surface area contributed by atoms with Gasteiger partial charge in [-0.1, -0.05) is 30.3 Å². The van der Waals surface area contributed by atoms with Crippen molar-refractivity contribution < 1.29 is 14.3 Å². The summed E-state index contributed by atoms with van der Waals surface area (Å²) < 4.78 is 5.84. The van der Waals surface area contributed by atoms with E-state index in [1.54, 1.807) is 4.90 Å². The molecule has 5 nitrogen and oxygen atoms in total. The van der Waals surface area contributed by atoms with Crippen molar-refractivity contribution in [1.29, 1.82) is 0 Å². The first-order valence-corrected chi connectivity index (χ1v) is 9.39. The van der Waals surface area contributed by atoms with Gasteiger partial charge in [0.15, 0.2) is 0 Å². The van der Waals surface area contributed by atoms with E-state index >= 15 is 0 Å². The second-order valence-corrected chi connectivity index (χ2v) is 7.02. The molecule has 2 amide bonds. The third-order valence-corrected chi connectivity index (χ3v) is 4.60. The number of benzene rings is 2. The van der Waals surface area contributed by atoms with E-state index in [0.29, 0.717) is 18.0 Å². The Morgan fingerprint density at radius 2 is 1.81 bits per heavy atom. The number of amides is 2. The summed E-state index contributed by atoms with van der Waals surface area (Å²) in [5.41, 5.74) is 2.75. The Morgan fingerprint density at radius 1 is 1.11 bits per heavy atom. The van der Waals surface area contributed by atoms with Gasteiger partial charge in [0.1, 0.15) is 12.3 Å². The zero-order valence-corrected chi connectivity index (χ0v) is 16.1. The van der Waals surface area contributed by atoms with Gasteiger partial charge >= 0.3 is 0 Å². The molecule has 0 N–H and O–H groups in total. The molecular formula is C22H26N2O3. The highest BCUT2D eigenvalue weighted by Gasteiger charge is 2.26. The van der Waals surface area contributed by atoms with Crippen molar-refractivity contribution in [3.63, 3.8) is 0 Å². The molecule has 0 atom stereocenters. The molecule has 0 unspecified atom stereocenters. The van der Waals surface area contributed by atoms with Crippen LogP contribution in [0.15, 0.2) is 48.5 Å². The van der Waals surface area contributed by atoms with E-state index in [0.717, 1.165) is 18.5 Å². The van der Waals surface area contributed by atoms with Gasteiger partial charge in [0.05, 0.1) is 11.8 Å². The van der Waals surface area contributed by atoms with Gasteiger partial charge in [-0.2, -0.15) is 0 Å². The van der Waals surface area contributed by atoms with Gasteiger partial charge in [-0.15, -0.1) is 0 Å². The summed E-state index contributed by atoms with van der Waals surface area (Å²) in [5.74, 6) is 0.333. The number of fused-ring (bicyclic) bond motifs is 1. The van der Waals surface area contributed by atoms with Crippen LogP contribution in [0.2, 0.25) is 0 Å². The first-order chi connectivity index (χ1) is 13.0. The predicted octanol–water partition coefficient (Wildman–Crippen LogP) is 3.81. The molecule has 1 aliphatic rings. The predicted molar refractivity (Wildman–Crippen MR) is 107 cm³/mol. The quantitative estimate of drug-likeness (QED) is 0.809. The lowest BCUT2D eigenvalue weighted by Gasteiger charge is -2.32. The van der Waals surface area contributed by atoms with E-state index in [1.807, 2.05) is 56.3 Å². The van der Waals surface area contributed by atoms with E-state index in [9.17, 15) is 9.59 Å². The average molecular weight is 366 g/mol. The summed E-state index contributed by atoms with van der Waals surface area (Å²) in [7, 11) is 0. The van der Waals surface area contributed by atoms with E-state index in [-0.39, 0.29) is 24.5 Å². The molecule has 0 spiro atoms. The Morgan fingerprint density at radius 3 is 2.56 bits per heavy atom. The number of hydrogen-bond acceptors (Lipinski definition) is 3. The largest absolute Gasteiger partial charge is 0.489 e. The van der Waals surface area contributed by atoms with Crippen LogP contribution in [0.25, 0.3) is 0 Å². The second-order valence-electron chi connectivity index (χ2n) is 7.02. The summed E-state index contributed by atoms with van der Waals surface area (Å²) in [6.07, 6.45) is 1.88. The van der Waals surface area contributed by atoms with E-state index in [2.05, 4.69) is 6.07 Å². The zero-order valence-electron chi connectivity index (χ0n) is 16.1. The molecule has 2 aromatic rings. The van der Waals surface area contributed by atoms with Crippen LogP contribution in [-0.2, 0) is 16.0 Å². The minimum Gasteiger partial charge on any atom is -0.489 e. The smallest absolute Gasteiger partial charge is 0.247 e. The lowest BCUT2D eigenvalue weighted by Crippen LogP contribution is -2.44. The fourth-order valence-corrected chi connectivity index (χ4v) is 3.41. The summed E-state index contributed by atoms with van der Waals surface area (Å²) in [6.45, 7) is 6.01. The van der Waals surface area contributed by atoms with Gasteiger partial charge in [0.2, 0.25) is 11.8 Å². The van der Waals surface area contributed by atoms with Crippen LogP contribution in [-0.4, -0.2) is 31.0 Å². The standard InChI is InChI=1S/C22H26N2O3/c1-16(2)27-21-13-7-6-12-20(21)24(17(3)25)15-22(26)23-14-8-10-18-9-4-5-11-19(18)23/h4-7,9,11-13,16H,8,10,14-15H2,1-3H3. The number of para-hydroxylation sites is 3. The van der Waals surface area contributed by atoms with Crippen molar-refractivity contribution >= 4 is 23.2 Å². The van der Waals surface area contributed by atoms with E-state index < -0.39 is 0 Å². The number of aryl methyl sites for hydroxylation is 1. The molecule has 0 aliphatic carbocycles. The molecular weight excluding hydrogens is 340 g/mol. The maximum atomic E-state index is 13.1. The van der Waals surface area contributed by atoms with Gasteiger partial charge in [0, 0.05) is 19.2 Å². The van der Waals surface area contributed by atoms with Crippen LogP contribution < -0.4 is 14.5 Å². The Kier molecular flexibility index (Phi) is 5.79. The van der Waals surface area contributed by atoms with Gasteiger partial charge in [-0.05, 0) is 50.5 Å². The van der Waals surface area contributed by atoms with Crippen LogP contribution in [0.5, 0.6) is 5.75 Å². The molecule has 142 valence electrons. The Labute approximate surface area is 160 Å². The number of rotatable bonds is 5. The normalized spacial score (nSPS) is 13.3. The molecule has 2 aromatic carbocycles. The van der Waals surface area contributed by atoms with Crippen molar-refractivity contribution in [1.82, 2.24) is 0 Å². The monoisotopic (exact) mass is 366 g/mol. The molecule has 0 aromatic heterocycles. The molecule has 3 rings (SSSR count). The van der Waals surface area contributed by atoms with E-state index in [1.165, 1.54) is 17.4 Å². The van der Waals surface area contributed by atoms with Gasteiger partial charge in [-0.3, -0.25) is 14.5 Å². The first kappa shape index (κ1) is 19.0. The number of hydrogen-bond donors (Lipinski definition) is 0. The number of anilines is 2. The highest BCUT2D eigenvalue weighted by Crippen LogP contribution is 2.31. The summed E-state index contributed by atoms with van der Waals surface area (Å²) in [4.78, 5) is 28.7. The lowest BCUT2D eigenvalue weighted by atomic mass is 10.0. The van der Waals surface area contributed by atoms with Crippen LogP contribution in [0.1, 0.15) is 32.8 Å². The molecule has 0 bridgehead atoms. The van der Waals surface area contributed by atoms with Crippen LogP contribution in [0.3, 0.4) is 0 Å². The summed E-state index contributed by atoms with van der Waals surface area (Å²) >= 11 is 0. The van der Waals surface area contributed by atoms with Crippen molar-refractivity contribution in [3.05, 3.63) is 54.1 Å². The zero-order chi connectivity index (χ0) is 19.4. The van der Waals surface area contributed by atoms with Gasteiger partial charge in [0.25, 0.3) is 0 Å². The van der Waals surface area contributed by atoms with Crippen molar-refractivity contribution in [3.8, 4) is 5.75 Å². The van der Waals surface area contributed by atoms with Gasteiger partial charge < -0.3 is 9.64 Å². The van der Waals surface area contributed by atoms with Crippen molar-refractivity contribution in [2.75, 3.05) is 22.9 Å². The van der Waals surface area contributed by atoms with Crippen molar-refractivity contribution in [2.24, 2.45) is 0 Å². The third-order valence-electron chi connectivity index (χ3n) is 4.60. The third kappa shape index (κ3) is 4.30. The molecule has 0 radical (unpaired) electrons. The summed E-state index contributed by atoms with van der Waals surface area (Å²) in [5, 5.41) is 0. The minimum absolute atomic E-state index is 0.0118.